The number of ketones is 1. The van der Waals surface area contributed by atoms with E-state index >= 15 is 0 Å². The highest BCUT2D eigenvalue weighted by Gasteiger charge is 2.20. The lowest BCUT2D eigenvalue weighted by atomic mass is 10.1. The topological polar surface area (TPSA) is 43.6 Å². The lowest BCUT2D eigenvalue weighted by molar-refractivity contribution is 0.104. The molecule has 2 aromatic heterocycles. The van der Waals surface area contributed by atoms with E-state index in [1.807, 2.05) is 60.8 Å². The molecule has 0 bridgehead atoms. The number of carbonyl (C=O) groups is 1. The molecule has 156 valence electrons. The van der Waals surface area contributed by atoms with Gasteiger partial charge in [0.15, 0.2) is 0 Å². The second-order valence-electron chi connectivity index (χ2n) is 7.35. The summed E-state index contributed by atoms with van der Waals surface area (Å²) in [5.41, 5.74) is 2.82. The number of methoxy groups -OCH3 is 1. The van der Waals surface area contributed by atoms with Crippen LogP contribution in [0.3, 0.4) is 0 Å². The molecule has 0 aliphatic carbocycles. The van der Waals surface area contributed by atoms with Crippen molar-refractivity contribution in [1.82, 2.24) is 9.38 Å². The summed E-state index contributed by atoms with van der Waals surface area (Å²) in [4.78, 5) is 18.2. The van der Waals surface area contributed by atoms with Gasteiger partial charge < -0.3 is 4.74 Å². The van der Waals surface area contributed by atoms with Crippen LogP contribution in [0.4, 0.5) is 4.39 Å². The number of hydrogen-bond acceptors (Lipinski definition) is 3. The largest absolute Gasteiger partial charge is 0.497 e. The van der Waals surface area contributed by atoms with Crippen molar-refractivity contribution in [2.45, 2.75) is 0 Å². The summed E-state index contributed by atoms with van der Waals surface area (Å²) in [6, 6.07) is 23.6. The van der Waals surface area contributed by atoms with Gasteiger partial charge >= 0.3 is 0 Å². The van der Waals surface area contributed by atoms with Crippen molar-refractivity contribution in [1.29, 1.82) is 0 Å². The Balaban J connectivity index is 1.70. The molecule has 5 aromatic rings. The van der Waals surface area contributed by atoms with Crippen LogP contribution in [0.2, 0.25) is 0 Å². The second-order valence-corrected chi connectivity index (χ2v) is 7.35. The molecule has 32 heavy (non-hydrogen) atoms. The Labute approximate surface area is 184 Å². The molecule has 0 amide bonds. The van der Waals surface area contributed by atoms with Gasteiger partial charge in [0.2, 0.25) is 5.78 Å². The quantitative estimate of drug-likeness (QED) is 0.250. The van der Waals surface area contributed by atoms with Crippen LogP contribution in [-0.4, -0.2) is 22.3 Å². The number of rotatable bonds is 5. The number of nitrogens with zero attached hydrogens (tertiary/aromatic N) is 2. The van der Waals surface area contributed by atoms with E-state index in [2.05, 4.69) is 0 Å². The molecule has 0 N–H and O–H groups in total. The maximum absolute atomic E-state index is 14.0. The fourth-order valence-corrected chi connectivity index (χ4v) is 3.81. The van der Waals surface area contributed by atoms with Gasteiger partial charge in [-0.15, -0.1) is 0 Å². The number of allylic oxidation sites excluding steroid dienone is 1. The summed E-state index contributed by atoms with van der Waals surface area (Å²) in [6.07, 6.45) is 4.74. The SMILES string of the molecule is COc1ccc(-c2nc3c4ccccc4ccn3c2C(=O)/C=C/c2ccccc2F)cc1. The maximum atomic E-state index is 14.0. The highest BCUT2D eigenvalue weighted by molar-refractivity contribution is 6.11. The van der Waals surface area contributed by atoms with Gasteiger partial charge in [-0.05, 0) is 53.9 Å². The summed E-state index contributed by atoms with van der Waals surface area (Å²) < 4.78 is 21.1. The Morgan fingerprint density at radius 1 is 0.969 bits per heavy atom. The van der Waals surface area contributed by atoms with Crippen molar-refractivity contribution in [3.63, 3.8) is 0 Å². The zero-order valence-electron chi connectivity index (χ0n) is 17.3. The number of benzene rings is 3. The first-order valence-electron chi connectivity index (χ1n) is 10.2. The van der Waals surface area contributed by atoms with E-state index in [0.717, 1.165) is 22.1 Å². The van der Waals surface area contributed by atoms with Gasteiger partial charge in [0.25, 0.3) is 0 Å². The van der Waals surface area contributed by atoms with E-state index in [-0.39, 0.29) is 11.6 Å². The van der Waals surface area contributed by atoms with Crippen LogP contribution in [-0.2, 0) is 0 Å². The standard InChI is InChI=1S/C27H19FN2O2/c1-32-21-13-10-20(11-14-21)25-26(24(31)15-12-19-7-3-5-9-23(19)28)30-17-16-18-6-2-4-8-22(18)27(30)29-25/h2-17H,1H3/b15-12+. The summed E-state index contributed by atoms with van der Waals surface area (Å²) in [5, 5.41) is 1.98. The van der Waals surface area contributed by atoms with Crippen LogP contribution in [0, 0.1) is 5.82 Å². The van der Waals surface area contributed by atoms with E-state index in [1.54, 1.807) is 29.7 Å². The molecule has 5 heteroatoms. The summed E-state index contributed by atoms with van der Waals surface area (Å²) >= 11 is 0. The van der Waals surface area contributed by atoms with Gasteiger partial charge in [0.05, 0.1) is 7.11 Å². The zero-order valence-corrected chi connectivity index (χ0v) is 17.3. The molecule has 0 radical (unpaired) electrons. The molecule has 0 aliphatic heterocycles. The third-order valence-corrected chi connectivity index (χ3v) is 5.43. The first-order valence-corrected chi connectivity index (χ1v) is 10.2. The van der Waals surface area contributed by atoms with Crippen LogP contribution in [0.25, 0.3) is 33.8 Å². The number of aromatic nitrogens is 2. The minimum Gasteiger partial charge on any atom is -0.497 e. The fraction of sp³-hybridized carbons (Fsp3) is 0.0370. The molecular weight excluding hydrogens is 403 g/mol. The predicted molar refractivity (Wildman–Crippen MR) is 124 cm³/mol. The van der Waals surface area contributed by atoms with Crippen LogP contribution in [0.1, 0.15) is 16.1 Å². The molecular formula is C27H19FN2O2. The molecule has 0 fully saturated rings. The van der Waals surface area contributed by atoms with Crippen molar-refractivity contribution in [3.8, 4) is 17.0 Å². The van der Waals surface area contributed by atoms with Gasteiger partial charge in [-0.1, -0.05) is 42.5 Å². The number of hydrogen-bond donors (Lipinski definition) is 0. The van der Waals surface area contributed by atoms with Gasteiger partial charge in [-0.2, -0.15) is 0 Å². The molecule has 4 nitrogen and oxygen atoms in total. The van der Waals surface area contributed by atoms with Gasteiger partial charge in [-0.3, -0.25) is 9.20 Å². The normalized spacial score (nSPS) is 11.4. The third-order valence-electron chi connectivity index (χ3n) is 5.43. The van der Waals surface area contributed by atoms with Crippen molar-refractivity contribution in [2.75, 3.05) is 7.11 Å². The minimum absolute atomic E-state index is 0.262. The number of halogens is 1. The molecule has 2 heterocycles. The molecule has 0 aliphatic rings. The number of pyridine rings is 1. The third kappa shape index (κ3) is 3.44. The molecule has 3 aromatic carbocycles. The lowest BCUT2D eigenvalue weighted by Gasteiger charge is -2.05. The number of ether oxygens (including phenoxy) is 1. The second kappa shape index (κ2) is 8.12. The number of fused-ring (bicyclic) bond motifs is 3. The number of carbonyl (C=O) groups excluding carboxylic acids is 1. The van der Waals surface area contributed by atoms with Gasteiger partial charge in [0.1, 0.15) is 28.6 Å². The molecule has 0 atom stereocenters. The van der Waals surface area contributed by atoms with E-state index in [9.17, 15) is 9.18 Å². The molecule has 0 spiro atoms. The Morgan fingerprint density at radius 3 is 2.50 bits per heavy atom. The van der Waals surface area contributed by atoms with E-state index in [1.165, 1.54) is 18.2 Å². The van der Waals surface area contributed by atoms with Gasteiger partial charge in [0, 0.05) is 22.7 Å². The molecule has 0 saturated carbocycles. The van der Waals surface area contributed by atoms with Crippen molar-refractivity contribution in [3.05, 3.63) is 108 Å². The van der Waals surface area contributed by atoms with E-state index < -0.39 is 0 Å². The predicted octanol–water partition coefficient (Wildman–Crippen LogP) is 6.20. The summed E-state index contributed by atoms with van der Waals surface area (Å²) in [5.74, 6) is 0.0770. The number of imidazole rings is 1. The monoisotopic (exact) mass is 422 g/mol. The minimum atomic E-state index is -0.379. The van der Waals surface area contributed by atoms with Gasteiger partial charge in [-0.25, -0.2) is 9.37 Å². The van der Waals surface area contributed by atoms with Crippen LogP contribution >= 0.6 is 0 Å². The smallest absolute Gasteiger partial charge is 0.204 e. The van der Waals surface area contributed by atoms with Crippen LogP contribution in [0.15, 0.2) is 91.1 Å². The molecule has 5 rings (SSSR count). The Hall–Kier alpha value is -4.25. The highest BCUT2D eigenvalue weighted by atomic mass is 19.1. The van der Waals surface area contributed by atoms with Crippen molar-refractivity contribution >= 4 is 28.3 Å². The average Bonchev–Trinajstić information content (AvgIpc) is 3.23. The van der Waals surface area contributed by atoms with Crippen LogP contribution in [0.5, 0.6) is 5.75 Å². The summed E-state index contributed by atoms with van der Waals surface area (Å²) in [6.45, 7) is 0. The first kappa shape index (κ1) is 19.7. The highest BCUT2D eigenvalue weighted by Crippen LogP contribution is 2.30. The van der Waals surface area contributed by atoms with Crippen molar-refractivity contribution < 1.29 is 13.9 Å². The van der Waals surface area contributed by atoms with Crippen LogP contribution < -0.4 is 4.74 Å². The van der Waals surface area contributed by atoms with Crippen molar-refractivity contribution in [2.24, 2.45) is 0 Å². The Bertz CT molecular complexity index is 1480. The average molecular weight is 422 g/mol. The van der Waals surface area contributed by atoms with E-state index in [0.29, 0.717) is 22.6 Å². The molecule has 0 saturated heterocycles. The van der Waals surface area contributed by atoms with E-state index in [4.69, 9.17) is 9.72 Å². The summed E-state index contributed by atoms with van der Waals surface area (Å²) in [7, 11) is 1.61. The Morgan fingerprint density at radius 2 is 1.72 bits per heavy atom. The Kier molecular flexibility index (Phi) is 5.00. The fourth-order valence-electron chi connectivity index (χ4n) is 3.81. The molecule has 0 unspecified atom stereocenters. The zero-order chi connectivity index (χ0) is 22.1. The lowest BCUT2D eigenvalue weighted by Crippen LogP contribution is -2.02. The maximum Gasteiger partial charge on any atom is 0.204 e. The first-order chi connectivity index (χ1) is 15.7.